The molecule has 2 rings (SSSR count). The van der Waals surface area contributed by atoms with Gasteiger partial charge in [0, 0.05) is 9.35 Å². The number of halogens is 2. The van der Waals surface area contributed by atoms with Crippen LogP contribution in [0, 0.1) is 13.8 Å². The molecule has 17 heavy (non-hydrogen) atoms. The molecule has 1 aromatic heterocycles. The molecular weight excluding hydrogens is 364 g/mol. The van der Waals surface area contributed by atoms with Gasteiger partial charge in [0.1, 0.15) is 6.10 Å². The van der Waals surface area contributed by atoms with Crippen LogP contribution in [-0.4, -0.2) is 5.11 Å². The molecule has 0 radical (unpaired) electrons. The minimum atomic E-state index is -0.543. The molecule has 0 aliphatic rings. The maximum absolute atomic E-state index is 10.4. The average Bonchev–Trinajstić information content (AvgIpc) is 2.58. The normalized spacial score (nSPS) is 12.8. The molecule has 2 aromatic rings. The van der Waals surface area contributed by atoms with Crippen molar-refractivity contribution in [2.24, 2.45) is 0 Å². The third-order valence-electron chi connectivity index (χ3n) is 2.67. The van der Waals surface area contributed by atoms with Crippen LogP contribution >= 0.6 is 43.2 Å². The summed E-state index contributed by atoms with van der Waals surface area (Å²) < 4.78 is 2.12. The van der Waals surface area contributed by atoms with Crippen molar-refractivity contribution in [1.29, 1.82) is 0 Å². The smallest absolute Gasteiger partial charge is 0.113 e. The van der Waals surface area contributed by atoms with Crippen LogP contribution in [0.15, 0.2) is 32.5 Å². The van der Waals surface area contributed by atoms with Crippen molar-refractivity contribution >= 4 is 43.2 Å². The van der Waals surface area contributed by atoms with Gasteiger partial charge in [-0.25, -0.2) is 0 Å². The highest BCUT2D eigenvalue weighted by atomic mass is 79.9. The molecule has 0 saturated heterocycles. The van der Waals surface area contributed by atoms with Crippen molar-refractivity contribution in [3.8, 4) is 0 Å². The molecule has 4 heteroatoms. The number of aliphatic hydroxyl groups is 1. The van der Waals surface area contributed by atoms with E-state index in [1.807, 2.05) is 38.1 Å². The lowest BCUT2D eigenvalue weighted by atomic mass is 10.0. The lowest BCUT2D eigenvalue weighted by molar-refractivity contribution is 0.223. The summed E-state index contributed by atoms with van der Waals surface area (Å²) in [6.07, 6.45) is -0.543. The molecule has 0 aliphatic heterocycles. The molecule has 0 bridgehead atoms. The first kappa shape index (κ1) is 13.3. The Kier molecular flexibility index (Phi) is 4.08. The number of benzene rings is 1. The van der Waals surface area contributed by atoms with Crippen LogP contribution in [0.5, 0.6) is 0 Å². The maximum atomic E-state index is 10.4. The first-order valence-corrected chi connectivity index (χ1v) is 7.59. The monoisotopic (exact) mass is 374 g/mol. The van der Waals surface area contributed by atoms with Gasteiger partial charge in [0.25, 0.3) is 0 Å². The first-order valence-electron chi connectivity index (χ1n) is 5.19. The summed E-state index contributed by atoms with van der Waals surface area (Å²) in [5.41, 5.74) is 3.22. The van der Waals surface area contributed by atoms with Crippen molar-refractivity contribution in [1.82, 2.24) is 0 Å². The minimum Gasteiger partial charge on any atom is -0.383 e. The summed E-state index contributed by atoms with van der Waals surface area (Å²) in [5.74, 6) is 0. The van der Waals surface area contributed by atoms with Crippen LogP contribution in [-0.2, 0) is 0 Å². The van der Waals surface area contributed by atoms with Gasteiger partial charge in [0.05, 0.1) is 3.79 Å². The molecule has 0 amide bonds. The summed E-state index contributed by atoms with van der Waals surface area (Å²) in [6.45, 7) is 4.05. The molecule has 0 fully saturated rings. The number of rotatable bonds is 2. The van der Waals surface area contributed by atoms with Crippen LogP contribution in [0.2, 0.25) is 0 Å². The quantitative estimate of drug-likeness (QED) is 0.785. The lowest BCUT2D eigenvalue weighted by Gasteiger charge is -2.12. The van der Waals surface area contributed by atoms with Crippen molar-refractivity contribution in [2.45, 2.75) is 20.0 Å². The van der Waals surface area contributed by atoms with Gasteiger partial charge >= 0.3 is 0 Å². The van der Waals surface area contributed by atoms with E-state index in [0.29, 0.717) is 0 Å². The average molecular weight is 376 g/mol. The van der Waals surface area contributed by atoms with Crippen LogP contribution < -0.4 is 0 Å². The third kappa shape index (κ3) is 2.81. The number of thiophene rings is 1. The van der Waals surface area contributed by atoms with Crippen molar-refractivity contribution in [2.75, 3.05) is 0 Å². The zero-order chi connectivity index (χ0) is 12.6. The van der Waals surface area contributed by atoms with Gasteiger partial charge in [0.15, 0.2) is 0 Å². The molecule has 0 spiro atoms. The fraction of sp³-hybridized carbons (Fsp3) is 0.231. The highest BCUT2D eigenvalue weighted by Crippen LogP contribution is 2.35. The van der Waals surface area contributed by atoms with Gasteiger partial charge in [-0.3, -0.25) is 0 Å². The van der Waals surface area contributed by atoms with Crippen molar-refractivity contribution in [3.63, 3.8) is 0 Å². The SMILES string of the molecule is Cc1cc(Br)ccc1C(O)c1cc(C)c(Br)s1. The Bertz CT molecular complexity index is 529. The van der Waals surface area contributed by atoms with Gasteiger partial charge in [-0.05, 0) is 64.7 Å². The third-order valence-corrected chi connectivity index (χ3v) is 5.35. The lowest BCUT2D eigenvalue weighted by Crippen LogP contribution is -1.99. The van der Waals surface area contributed by atoms with Gasteiger partial charge in [-0.15, -0.1) is 11.3 Å². The highest BCUT2D eigenvalue weighted by molar-refractivity contribution is 9.11. The Labute approximate surface area is 122 Å². The zero-order valence-electron chi connectivity index (χ0n) is 9.50. The van der Waals surface area contributed by atoms with E-state index >= 15 is 0 Å². The van der Waals surface area contributed by atoms with Crippen LogP contribution in [0.4, 0.5) is 0 Å². The Morgan fingerprint density at radius 2 is 1.82 bits per heavy atom. The molecule has 1 N–H and O–H groups in total. The molecule has 0 aliphatic carbocycles. The second kappa shape index (κ2) is 5.22. The summed E-state index contributed by atoms with van der Waals surface area (Å²) >= 11 is 8.50. The fourth-order valence-electron chi connectivity index (χ4n) is 1.72. The highest BCUT2D eigenvalue weighted by Gasteiger charge is 2.16. The van der Waals surface area contributed by atoms with Gasteiger partial charge in [0.2, 0.25) is 0 Å². The fourth-order valence-corrected chi connectivity index (χ4v) is 3.77. The van der Waals surface area contributed by atoms with Crippen LogP contribution in [0.25, 0.3) is 0 Å². The Morgan fingerprint density at radius 1 is 1.12 bits per heavy atom. The Hall–Kier alpha value is -0.160. The minimum absolute atomic E-state index is 0.543. The Morgan fingerprint density at radius 3 is 2.35 bits per heavy atom. The van der Waals surface area contributed by atoms with Crippen LogP contribution in [0.1, 0.15) is 27.7 Å². The summed E-state index contributed by atoms with van der Waals surface area (Å²) in [5, 5.41) is 10.4. The molecule has 1 nitrogen and oxygen atoms in total. The molecule has 0 saturated carbocycles. The molecule has 90 valence electrons. The predicted molar refractivity (Wildman–Crippen MR) is 79.7 cm³/mol. The second-order valence-electron chi connectivity index (χ2n) is 4.01. The topological polar surface area (TPSA) is 20.2 Å². The Balaban J connectivity index is 2.39. The second-order valence-corrected chi connectivity index (χ2v) is 7.33. The number of hydrogen-bond donors (Lipinski definition) is 1. The van der Waals surface area contributed by atoms with Crippen molar-refractivity contribution in [3.05, 3.63) is 54.1 Å². The predicted octanol–water partition coefficient (Wildman–Crippen LogP) is 4.97. The van der Waals surface area contributed by atoms with Crippen molar-refractivity contribution < 1.29 is 5.11 Å². The number of hydrogen-bond acceptors (Lipinski definition) is 2. The molecule has 1 atom stereocenters. The van der Waals surface area contributed by atoms with Crippen LogP contribution in [0.3, 0.4) is 0 Å². The first-order chi connectivity index (χ1) is 7.99. The van der Waals surface area contributed by atoms with Gasteiger partial charge in [-0.2, -0.15) is 0 Å². The van der Waals surface area contributed by atoms with E-state index in [2.05, 4.69) is 31.9 Å². The molecule has 1 heterocycles. The molecular formula is C13H12Br2OS. The van der Waals surface area contributed by atoms with E-state index in [0.717, 1.165) is 24.3 Å². The summed E-state index contributed by atoms with van der Waals surface area (Å²) in [6, 6.07) is 7.98. The van der Waals surface area contributed by atoms with E-state index < -0.39 is 6.10 Å². The standard InChI is InChI=1S/C13H12Br2OS/c1-7-5-9(14)3-4-10(7)12(16)11-6-8(2)13(15)17-11/h3-6,12,16H,1-2H3. The van der Waals surface area contributed by atoms with E-state index in [-0.39, 0.29) is 0 Å². The summed E-state index contributed by atoms with van der Waals surface area (Å²) in [7, 11) is 0. The number of aliphatic hydroxyl groups excluding tert-OH is 1. The maximum Gasteiger partial charge on any atom is 0.113 e. The largest absolute Gasteiger partial charge is 0.383 e. The van der Waals surface area contributed by atoms with E-state index in [9.17, 15) is 5.11 Å². The van der Waals surface area contributed by atoms with E-state index in [1.54, 1.807) is 11.3 Å². The zero-order valence-corrected chi connectivity index (χ0v) is 13.5. The summed E-state index contributed by atoms with van der Waals surface area (Å²) in [4.78, 5) is 0.972. The van der Waals surface area contributed by atoms with Gasteiger partial charge < -0.3 is 5.11 Å². The van der Waals surface area contributed by atoms with Gasteiger partial charge in [-0.1, -0.05) is 22.0 Å². The van der Waals surface area contributed by atoms with E-state index in [4.69, 9.17) is 0 Å². The van der Waals surface area contributed by atoms with E-state index in [1.165, 1.54) is 5.56 Å². The molecule has 1 aromatic carbocycles. The number of aryl methyl sites for hydroxylation is 2. The molecule has 1 unspecified atom stereocenters.